The van der Waals surface area contributed by atoms with E-state index in [1.807, 2.05) is 6.92 Å². The van der Waals surface area contributed by atoms with Gasteiger partial charge in [-0.1, -0.05) is 28.5 Å². The van der Waals surface area contributed by atoms with E-state index in [9.17, 15) is 14.4 Å². The number of amides is 1. The molecule has 0 unspecified atom stereocenters. The lowest BCUT2D eigenvalue weighted by atomic mass is 10.1. The van der Waals surface area contributed by atoms with E-state index in [4.69, 9.17) is 0 Å². The van der Waals surface area contributed by atoms with E-state index in [1.165, 1.54) is 6.92 Å². The Labute approximate surface area is 128 Å². The Hall–Kier alpha value is -0.530. The second-order valence-electron chi connectivity index (χ2n) is 4.48. The summed E-state index contributed by atoms with van der Waals surface area (Å²) in [5.74, 6) is 1.34. The van der Waals surface area contributed by atoms with Crippen molar-refractivity contribution in [1.82, 2.24) is 10.6 Å². The molecule has 0 spiro atoms. The van der Waals surface area contributed by atoms with Crippen LogP contribution in [0.25, 0.3) is 0 Å². The molecule has 1 amide bonds. The van der Waals surface area contributed by atoms with Crippen molar-refractivity contribution >= 4 is 39.1 Å². The molecule has 0 aliphatic rings. The predicted octanol–water partition coefficient (Wildman–Crippen LogP) is 1.42. The molecule has 0 aliphatic carbocycles. The molecular formula is C13H24N2O3S2. The van der Waals surface area contributed by atoms with Crippen LogP contribution in [0.3, 0.4) is 0 Å². The fourth-order valence-corrected chi connectivity index (χ4v) is 3.75. The molecule has 7 heteroatoms. The van der Waals surface area contributed by atoms with Gasteiger partial charge in [0.05, 0.1) is 12.1 Å². The number of hydrogen-bond donors (Lipinski definition) is 2. The third kappa shape index (κ3) is 8.60. The molecule has 0 rings (SSSR count). The first kappa shape index (κ1) is 19.5. The molecule has 5 nitrogen and oxygen atoms in total. The van der Waals surface area contributed by atoms with E-state index in [2.05, 4.69) is 10.6 Å². The van der Waals surface area contributed by atoms with Crippen molar-refractivity contribution in [2.45, 2.75) is 45.7 Å². The van der Waals surface area contributed by atoms with Crippen LogP contribution in [-0.4, -0.2) is 48.1 Å². The van der Waals surface area contributed by atoms with E-state index in [0.717, 1.165) is 5.75 Å². The van der Waals surface area contributed by atoms with Gasteiger partial charge in [0.1, 0.15) is 5.78 Å². The third-order valence-corrected chi connectivity index (χ3v) is 5.15. The molecule has 20 heavy (non-hydrogen) atoms. The number of rotatable bonds is 11. The van der Waals surface area contributed by atoms with Gasteiger partial charge >= 0.3 is 0 Å². The molecule has 2 atom stereocenters. The van der Waals surface area contributed by atoms with Crippen LogP contribution in [0.15, 0.2) is 0 Å². The highest BCUT2D eigenvalue weighted by Gasteiger charge is 2.21. The summed E-state index contributed by atoms with van der Waals surface area (Å²) in [6, 6.07) is -0.744. The Kier molecular flexibility index (Phi) is 10.9. The molecular weight excluding hydrogens is 296 g/mol. The first-order valence-electron chi connectivity index (χ1n) is 6.64. The average Bonchev–Trinajstić information content (AvgIpc) is 2.39. The molecule has 0 bridgehead atoms. The van der Waals surface area contributed by atoms with E-state index >= 15 is 0 Å². The zero-order chi connectivity index (χ0) is 15.5. The number of carbonyl (C=O) groups excluding carboxylic acids is 3. The first-order valence-corrected chi connectivity index (χ1v) is 9.13. The smallest absolute Gasteiger partial charge is 0.238 e. The lowest BCUT2D eigenvalue weighted by Gasteiger charge is -2.19. The molecule has 2 N–H and O–H groups in total. The molecule has 116 valence electrons. The van der Waals surface area contributed by atoms with Crippen LogP contribution >= 0.6 is 21.6 Å². The van der Waals surface area contributed by atoms with Gasteiger partial charge in [0.2, 0.25) is 5.91 Å². The highest BCUT2D eigenvalue weighted by atomic mass is 33.1. The second kappa shape index (κ2) is 11.2. The fraction of sp³-hybridized carbons (Fsp3) is 0.769. The number of hydrogen-bond acceptors (Lipinski definition) is 6. The fourth-order valence-electron chi connectivity index (χ4n) is 1.41. The lowest BCUT2D eigenvalue weighted by molar-refractivity contribution is -0.127. The SMILES string of the molecule is CC[C@H](NC(=O)[C@H](CSSCCC(C)=O)NC)C(C)=O. The molecule has 0 aromatic carbocycles. The molecule has 0 aromatic heterocycles. The maximum Gasteiger partial charge on any atom is 0.238 e. The van der Waals surface area contributed by atoms with Gasteiger partial charge in [-0.15, -0.1) is 0 Å². The summed E-state index contributed by atoms with van der Waals surface area (Å²) in [5, 5.41) is 5.69. The van der Waals surface area contributed by atoms with Crippen LogP contribution in [0.1, 0.15) is 33.6 Å². The van der Waals surface area contributed by atoms with Crippen molar-refractivity contribution in [2.75, 3.05) is 18.6 Å². The van der Waals surface area contributed by atoms with Crippen molar-refractivity contribution in [3.8, 4) is 0 Å². The molecule has 0 saturated carbocycles. The first-order chi connectivity index (χ1) is 9.42. The van der Waals surface area contributed by atoms with Gasteiger partial charge in [-0.3, -0.25) is 14.4 Å². The number of ketones is 2. The van der Waals surface area contributed by atoms with Gasteiger partial charge < -0.3 is 10.6 Å². The quantitative estimate of drug-likeness (QED) is 0.443. The third-order valence-electron chi connectivity index (χ3n) is 2.74. The average molecular weight is 320 g/mol. The summed E-state index contributed by atoms with van der Waals surface area (Å²) >= 11 is 0. The Morgan fingerprint density at radius 3 is 2.20 bits per heavy atom. The van der Waals surface area contributed by atoms with Crippen molar-refractivity contribution in [3.63, 3.8) is 0 Å². The Balaban J connectivity index is 4.08. The summed E-state index contributed by atoms with van der Waals surface area (Å²) in [6.45, 7) is 4.92. The van der Waals surface area contributed by atoms with Gasteiger partial charge in [-0.25, -0.2) is 0 Å². The molecule has 0 aromatic rings. The minimum absolute atomic E-state index is 0.0285. The molecule has 0 heterocycles. The van der Waals surface area contributed by atoms with Gasteiger partial charge in [0.25, 0.3) is 0 Å². The summed E-state index contributed by atoms with van der Waals surface area (Å²) in [4.78, 5) is 34.1. The van der Waals surface area contributed by atoms with Crippen molar-refractivity contribution in [2.24, 2.45) is 0 Å². The zero-order valence-electron chi connectivity index (χ0n) is 12.5. The Bertz CT molecular complexity index is 338. The highest BCUT2D eigenvalue weighted by molar-refractivity contribution is 8.76. The van der Waals surface area contributed by atoms with E-state index in [0.29, 0.717) is 18.6 Å². The Morgan fingerprint density at radius 1 is 1.10 bits per heavy atom. The van der Waals surface area contributed by atoms with Gasteiger partial charge in [0.15, 0.2) is 5.78 Å². The number of Topliss-reactive ketones (excluding diaryl/α,β-unsaturated/α-hetero) is 2. The van der Waals surface area contributed by atoms with E-state index in [-0.39, 0.29) is 23.5 Å². The molecule has 0 aliphatic heterocycles. The van der Waals surface area contributed by atoms with Gasteiger partial charge in [-0.2, -0.15) is 0 Å². The van der Waals surface area contributed by atoms with Crippen LogP contribution in [0.4, 0.5) is 0 Å². The van der Waals surface area contributed by atoms with Crippen LogP contribution in [-0.2, 0) is 14.4 Å². The minimum atomic E-state index is -0.409. The number of nitrogens with one attached hydrogen (secondary N) is 2. The summed E-state index contributed by atoms with van der Waals surface area (Å²) in [5.41, 5.74) is 0. The van der Waals surface area contributed by atoms with Crippen LogP contribution in [0.5, 0.6) is 0 Å². The van der Waals surface area contributed by atoms with Gasteiger partial charge in [-0.05, 0) is 27.3 Å². The second-order valence-corrected chi connectivity index (χ2v) is 7.11. The molecule has 0 fully saturated rings. The largest absolute Gasteiger partial charge is 0.345 e. The predicted molar refractivity (Wildman–Crippen MR) is 86.0 cm³/mol. The normalized spacial score (nSPS) is 13.6. The summed E-state index contributed by atoms with van der Waals surface area (Å²) in [6.07, 6.45) is 1.15. The lowest BCUT2D eigenvalue weighted by Crippen LogP contribution is -2.49. The minimum Gasteiger partial charge on any atom is -0.345 e. The van der Waals surface area contributed by atoms with Crippen LogP contribution in [0.2, 0.25) is 0 Å². The van der Waals surface area contributed by atoms with Crippen molar-refractivity contribution < 1.29 is 14.4 Å². The topological polar surface area (TPSA) is 75.3 Å². The standard InChI is InChI=1S/C13H24N2O3S2/c1-5-11(10(3)17)15-13(18)12(14-4)8-20-19-7-6-9(2)16/h11-12,14H,5-8H2,1-4H3,(H,15,18)/t11-,12-/m0/s1. The van der Waals surface area contributed by atoms with Crippen molar-refractivity contribution in [3.05, 3.63) is 0 Å². The van der Waals surface area contributed by atoms with E-state index in [1.54, 1.807) is 35.6 Å². The zero-order valence-corrected chi connectivity index (χ0v) is 14.2. The number of carbonyl (C=O) groups is 3. The monoisotopic (exact) mass is 320 g/mol. The number of likely N-dealkylation sites (N-methyl/N-ethyl adjacent to an activating group) is 1. The summed E-state index contributed by atoms with van der Waals surface area (Å²) < 4.78 is 0. The van der Waals surface area contributed by atoms with Crippen molar-refractivity contribution in [1.29, 1.82) is 0 Å². The summed E-state index contributed by atoms with van der Waals surface area (Å²) in [7, 11) is 4.86. The Morgan fingerprint density at radius 2 is 1.75 bits per heavy atom. The van der Waals surface area contributed by atoms with Gasteiger partial charge in [0, 0.05) is 17.9 Å². The highest BCUT2D eigenvalue weighted by Crippen LogP contribution is 2.22. The maximum atomic E-state index is 12.0. The maximum absolute atomic E-state index is 12.0. The van der Waals surface area contributed by atoms with Crippen LogP contribution in [0, 0.1) is 0 Å². The van der Waals surface area contributed by atoms with Crippen LogP contribution < -0.4 is 10.6 Å². The molecule has 0 saturated heterocycles. The van der Waals surface area contributed by atoms with E-state index < -0.39 is 6.04 Å². The molecule has 0 radical (unpaired) electrons.